The van der Waals surface area contributed by atoms with Crippen molar-refractivity contribution in [3.05, 3.63) is 29.8 Å². The maximum atomic E-state index is 13.1. The van der Waals surface area contributed by atoms with E-state index in [-0.39, 0.29) is 6.10 Å². The Kier molecular flexibility index (Phi) is 5.35. The molecule has 0 unspecified atom stereocenters. The second kappa shape index (κ2) is 6.55. The summed E-state index contributed by atoms with van der Waals surface area (Å²) in [7, 11) is 0. The zero-order chi connectivity index (χ0) is 12.8. The second-order valence-corrected chi connectivity index (χ2v) is 4.10. The average Bonchev–Trinajstić information content (AvgIpc) is 2.28. The van der Waals surface area contributed by atoms with Gasteiger partial charge in [-0.15, -0.1) is 0 Å². The van der Waals surface area contributed by atoms with Crippen molar-refractivity contribution in [1.29, 1.82) is 0 Å². The minimum atomic E-state index is -0.816. The number of rotatable bonds is 6. The van der Waals surface area contributed by atoms with E-state index < -0.39 is 11.6 Å². The van der Waals surface area contributed by atoms with E-state index in [9.17, 15) is 8.78 Å². The Labute approximate surface area is 101 Å². The van der Waals surface area contributed by atoms with Crippen LogP contribution in [0.2, 0.25) is 0 Å². The van der Waals surface area contributed by atoms with Crippen molar-refractivity contribution < 1.29 is 13.5 Å². The number of hydrogen-bond acceptors (Lipinski definition) is 2. The molecule has 0 amide bonds. The first-order valence-corrected chi connectivity index (χ1v) is 5.86. The Morgan fingerprint density at radius 1 is 1.24 bits per heavy atom. The van der Waals surface area contributed by atoms with Crippen molar-refractivity contribution in [3.8, 4) is 0 Å². The van der Waals surface area contributed by atoms with Crippen LogP contribution < -0.4 is 4.90 Å². The van der Waals surface area contributed by atoms with Gasteiger partial charge in [-0.3, -0.25) is 0 Å². The maximum Gasteiger partial charge on any atom is 0.160 e. The Morgan fingerprint density at radius 2 is 1.94 bits per heavy atom. The van der Waals surface area contributed by atoms with Crippen molar-refractivity contribution in [2.45, 2.75) is 26.9 Å². The summed E-state index contributed by atoms with van der Waals surface area (Å²) < 4.78 is 31.3. The molecule has 0 saturated heterocycles. The average molecular weight is 243 g/mol. The third-order valence-electron chi connectivity index (χ3n) is 2.46. The third kappa shape index (κ3) is 4.30. The van der Waals surface area contributed by atoms with Crippen molar-refractivity contribution in [2.24, 2.45) is 0 Å². The van der Waals surface area contributed by atoms with Crippen molar-refractivity contribution >= 4 is 5.69 Å². The lowest BCUT2D eigenvalue weighted by Crippen LogP contribution is -2.28. The molecule has 2 nitrogen and oxygen atoms in total. The molecule has 0 aliphatic heterocycles. The Bertz CT molecular complexity index is 355. The smallest absolute Gasteiger partial charge is 0.160 e. The van der Waals surface area contributed by atoms with E-state index >= 15 is 0 Å². The molecule has 1 rings (SSSR count). The number of anilines is 1. The van der Waals surface area contributed by atoms with Gasteiger partial charge in [-0.1, -0.05) is 0 Å². The highest BCUT2D eigenvalue weighted by Crippen LogP contribution is 2.17. The SMILES string of the molecule is CCN(CCOC(C)C)c1ccc(F)c(F)c1. The molecule has 0 fully saturated rings. The molecule has 1 aromatic carbocycles. The predicted octanol–water partition coefficient (Wildman–Crippen LogP) is 3.22. The van der Waals surface area contributed by atoms with Gasteiger partial charge < -0.3 is 9.64 Å². The van der Waals surface area contributed by atoms with Crippen molar-refractivity contribution in [2.75, 3.05) is 24.6 Å². The van der Waals surface area contributed by atoms with Crippen LogP contribution in [-0.2, 0) is 4.74 Å². The first-order chi connectivity index (χ1) is 8.04. The lowest BCUT2D eigenvalue weighted by Gasteiger charge is -2.23. The van der Waals surface area contributed by atoms with E-state index in [2.05, 4.69) is 0 Å². The molecule has 0 aliphatic rings. The van der Waals surface area contributed by atoms with Gasteiger partial charge in [0.1, 0.15) is 0 Å². The van der Waals surface area contributed by atoms with Gasteiger partial charge in [-0.2, -0.15) is 0 Å². The maximum absolute atomic E-state index is 13.1. The molecule has 0 radical (unpaired) electrons. The summed E-state index contributed by atoms with van der Waals surface area (Å²) in [6, 6.07) is 3.95. The van der Waals surface area contributed by atoms with Crippen molar-refractivity contribution in [1.82, 2.24) is 0 Å². The summed E-state index contributed by atoms with van der Waals surface area (Å²) in [5.41, 5.74) is 0.679. The van der Waals surface area contributed by atoms with Gasteiger partial charge in [-0.05, 0) is 32.9 Å². The highest BCUT2D eigenvalue weighted by molar-refractivity contribution is 5.46. The van der Waals surface area contributed by atoms with E-state index in [0.717, 1.165) is 12.6 Å². The minimum absolute atomic E-state index is 0.179. The molecule has 0 bridgehead atoms. The summed E-state index contributed by atoms with van der Waals surface area (Å²) in [5, 5.41) is 0. The summed E-state index contributed by atoms with van der Waals surface area (Å²) in [5.74, 6) is -1.63. The topological polar surface area (TPSA) is 12.5 Å². The Hall–Kier alpha value is -1.16. The van der Waals surface area contributed by atoms with Crippen LogP contribution in [0.15, 0.2) is 18.2 Å². The molecule has 0 saturated carbocycles. The highest BCUT2D eigenvalue weighted by atomic mass is 19.2. The van der Waals surface area contributed by atoms with E-state index in [1.807, 2.05) is 25.7 Å². The van der Waals surface area contributed by atoms with Crippen LogP contribution in [0.1, 0.15) is 20.8 Å². The van der Waals surface area contributed by atoms with Crippen LogP contribution in [0, 0.1) is 11.6 Å². The van der Waals surface area contributed by atoms with Crippen LogP contribution in [-0.4, -0.2) is 25.8 Å². The second-order valence-electron chi connectivity index (χ2n) is 4.10. The van der Waals surface area contributed by atoms with Gasteiger partial charge in [0.15, 0.2) is 11.6 Å². The van der Waals surface area contributed by atoms with Crippen LogP contribution in [0.4, 0.5) is 14.5 Å². The van der Waals surface area contributed by atoms with E-state index in [1.54, 1.807) is 6.07 Å². The first-order valence-electron chi connectivity index (χ1n) is 5.86. The number of hydrogen-bond donors (Lipinski definition) is 0. The number of ether oxygens (including phenoxy) is 1. The standard InChI is InChI=1S/C13H19F2NO/c1-4-16(7-8-17-10(2)3)11-5-6-12(14)13(15)9-11/h5-6,9-10H,4,7-8H2,1-3H3. The lowest BCUT2D eigenvalue weighted by atomic mass is 10.2. The highest BCUT2D eigenvalue weighted by Gasteiger charge is 2.08. The number of benzene rings is 1. The summed E-state index contributed by atoms with van der Waals surface area (Å²) in [6.45, 7) is 7.87. The molecule has 0 N–H and O–H groups in total. The zero-order valence-corrected chi connectivity index (χ0v) is 10.5. The molecule has 0 heterocycles. The lowest BCUT2D eigenvalue weighted by molar-refractivity contribution is 0.0841. The van der Waals surface area contributed by atoms with Crippen molar-refractivity contribution in [3.63, 3.8) is 0 Å². The van der Waals surface area contributed by atoms with Crippen LogP contribution in [0.25, 0.3) is 0 Å². The summed E-state index contributed by atoms with van der Waals surface area (Å²) in [6.07, 6.45) is 0.179. The minimum Gasteiger partial charge on any atom is -0.377 e. The molecule has 96 valence electrons. The summed E-state index contributed by atoms with van der Waals surface area (Å²) in [4.78, 5) is 1.95. The van der Waals surface area contributed by atoms with Gasteiger partial charge in [0, 0.05) is 24.8 Å². The van der Waals surface area contributed by atoms with Crippen LogP contribution >= 0.6 is 0 Å². The fourth-order valence-electron chi connectivity index (χ4n) is 1.55. The van der Waals surface area contributed by atoms with E-state index in [0.29, 0.717) is 18.8 Å². The van der Waals surface area contributed by atoms with Gasteiger partial charge in [0.2, 0.25) is 0 Å². The largest absolute Gasteiger partial charge is 0.377 e. The fourth-order valence-corrected chi connectivity index (χ4v) is 1.55. The number of halogens is 2. The first kappa shape index (κ1) is 13.9. The Morgan fingerprint density at radius 3 is 2.47 bits per heavy atom. The molecule has 1 aromatic rings. The number of likely N-dealkylation sites (N-methyl/N-ethyl adjacent to an activating group) is 1. The van der Waals surface area contributed by atoms with Gasteiger partial charge in [-0.25, -0.2) is 8.78 Å². The quantitative estimate of drug-likeness (QED) is 0.760. The molecule has 0 aromatic heterocycles. The zero-order valence-electron chi connectivity index (χ0n) is 10.5. The molecule has 0 aliphatic carbocycles. The van der Waals surface area contributed by atoms with E-state index in [4.69, 9.17) is 4.74 Å². The van der Waals surface area contributed by atoms with E-state index in [1.165, 1.54) is 6.07 Å². The van der Waals surface area contributed by atoms with Gasteiger partial charge in [0.05, 0.1) is 12.7 Å². The monoisotopic (exact) mass is 243 g/mol. The predicted molar refractivity (Wildman–Crippen MR) is 65.3 cm³/mol. The molecule has 0 atom stereocenters. The Balaban J connectivity index is 2.62. The van der Waals surface area contributed by atoms with Crippen LogP contribution in [0.3, 0.4) is 0 Å². The third-order valence-corrected chi connectivity index (χ3v) is 2.46. The van der Waals surface area contributed by atoms with Gasteiger partial charge >= 0.3 is 0 Å². The fraction of sp³-hybridized carbons (Fsp3) is 0.538. The molecule has 0 spiro atoms. The summed E-state index contributed by atoms with van der Waals surface area (Å²) >= 11 is 0. The molecule has 4 heteroatoms. The number of nitrogens with zero attached hydrogens (tertiary/aromatic N) is 1. The normalized spacial score (nSPS) is 10.9. The molecular weight excluding hydrogens is 224 g/mol. The van der Waals surface area contributed by atoms with Crippen LogP contribution in [0.5, 0.6) is 0 Å². The molecule has 17 heavy (non-hydrogen) atoms. The molecular formula is C13H19F2NO. The van der Waals surface area contributed by atoms with Gasteiger partial charge in [0.25, 0.3) is 0 Å².